The van der Waals surface area contributed by atoms with Gasteiger partial charge in [0.25, 0.3) is 0 Å². The molecule has 1 aromatic heterocycles. The van der Waals surface area contributed by atoms with Crippen molar-refractivity contribution < 1.29 is 33.8 Å². The van der Waals surface area contributed by atoms with Crippen LogP contribution in [0.3, 0.4) is 0 Å². The Kier molecular flexibility index (Phi) is 10.3. The maximum absolute atomic E-state index is 9.10. The van der Waals surface area contributed by atoms with Crippen LogP contribution < -0.4 is 9.47 Å². The largest absolute Gasteiger partial charge is 0.493 e. The fraction of sp³-hybridized carbons (Fsp3) is 0.323. The first-order valence-corrected chi connectivity index (χ1v) is 13.4. The van der Waals surface area contributed by atoms with Crippen LogP contribution in [-0.2, 0) is 16.0 Å². The molecule has 3 aromatic carbocycles. The number of fused-ring (bicyclic) bond motifs is 1. The molecule has 216 valence electrons. The van der Waals surface area contributed by atoms with Crippen LogP contribution >= 0.6 is 0 Å². The molecule has 2 heterocycles. The molecule has 10 nitrogen and oxygen atoms in total. The van der Waals surface area contributed by atoms with Gasteiger partial charge in [-0.15, -0.1) is 0 Å². The molecule has 0 unspecified atom stereocenters. The molecule has 1 aliphatic heterocycles. The fourth-order valence-corrected chi connectivity index (χ4v) is 5.10. The number of benzene rings is 3. The van der Waals surface area contributed by atoms with Crippen molar-refractivity contribution in [3.05, 3.63) is 89.6 Å². The minimum atomic E-state index is -1.82. The highest BCUT2D eigenvalue weighted by Crippen LogP contribution is 2.34. The summed E-state index contributed by atoms with van der Waals surface area (Å²) in [5, 5.41) is 20.1. The van der Waals surface area contributed by atoms with Gasteiger partial charge in [0.15, 0.2) is 17.1 Å². The van der Waals surface area contributed by atoms with Crippen molar-refractivity contribution >= 4 is 22.9 Å². The Morgan fingerprint density at radius 2 is 1.39 bits per heavy atom. The third-order valence-corrected chi connectivity index (χ3v) is 7.12. The lowest BCUT2D eigenvalue weighted by Crippen LogP contribution is -2.48. The van der Waals surface area contributed by atoms with Gasteiger partial charge in [-0.25, -0.2) is 9.59 Å². The fourth-order valence-electron chi connectivity index (χ4n) is 5.10. The number of piperazine rings is 1. The third kappa shape index (κ3) is 7.62. The number of hydrogen-bond donors (Lipinski definition) is 2. The molecule has 0 amide bonds. The van der Waals surface area contributed by atoms with Gasteiger partial charge in [-0.3, -0.25) is 4.90 Å². The smallest absolute Gasteiger partial charge is 0.414 e. The van der Waals surface area contributed by atoms with E-state index < -0.39 is 11.9 Å². The Balaban J connectivity index is 0.000000585. The van der Waals surface area contributed by atoms with Crippen LogP contribution in [0.15, 0.2) is 77.3 Å². The van der Waals surface area contributed by atoms with Crippen molar-refractivity contribution in [3.63, 3.8) is 0 Å². The summed E-state index contributed by atoms with van der Waals surface area (Å²) in [6, 6.07) is 25.8. The lowest BCUT2D eigenvalue weighted by Gasteiger charge is -2.39. The molecular weight excluding hydrogens is 526 g/mol. The van der Waals surface area contributed by atoms with E-state index >= 15 is 0 Å². The van der Waals surface area contributed by atoms with Crippen LogP contribution in [0.2, 0.25) is 0 Å². The number of rotatable bonds is 9. The third-order valence-electron chi connectivity index (χ3n) is 7.12. The molecule has 0 spiro atoms. The second-order valence-electron chi connectivity index (χ2n) is 9.65. The molecule has 1 aliphatic rings. The molecule has 0 atom stereocenters. The molecule has 4 aromatic rings. The molecule has 2 N–H and O–H groups in total. The molecule has 0 bridgehead atoms. The Morgan fingerprint density at radius 1 is 0.854 bits per heavy atom. The highest BCUT2D eigenvalue weighted by atomic mass is 16.5. The summed E-state index contributed by atoms with van der Waals surface area (Å²) in [5.74, 6) is -2.29. The van der Waals surface area contributed by atoms with Gasteiger partial charge in [0.1, 0.15) is 0 Å². The highest BCUT2D eigenvalue weighted by molar-refractivity contribution is 6.27. The Morgan fingerprint density at radius 3 is 1.90 bits per heavy atom. The molecule has 5 rings (SSSR count). The van der Waals surface area contributed by atoms with Crippen LogP contribution in [0.25, 0.3) is 11.0 Å². The molecular formula is C31H35N3O7. The van der Waals surface area contributed by atoms with E-state index in [-0.39, 0.29) is 0 Å². The predicted molar refractivity (Wildman–Crippen MR) is 153 cm³/mol. The van der Waals surface area contributed by atoms with Crippen LogP contribution in [0.5, 0.6) is 11.5 Å². The number of aromatic nitrogens is 1. The van der Waals surface area contributed by atoms with Gasteiger partial charge in [0.05, 0.1) is 26.0 Å². The number of nitrogens with zero attached hydrogens (tertiary/aromatic N) is 3. The van der Waals surface area contributed by atoms with Gasteiger partial charge in [0, 0.05) is 37.6 Å². The van der Waals surface area contributed by atoms with Gasteiger partial charge in [-0.05, 0) is 36.6 Å². The second-order valence-corrected chi connectivity index (χ2v) is 9.65. The summed E-state index contributed by atoms with van der Waals surface area (Å²) in [7, 11) is 3.28. The standard InChI is InChI=1S/C29H33N3O3.C2H2O4/c1-33-27-20-24-25(30-35-26(24)21-28(27)34-2)14-9-15-31-16-18-32(19-17-31)29(22-10-5-3-6-11-22)23-12-7-4-8-13-23;3-1(4)2(5)6/h3-8,10-13,20-21,29H,9,14-19H2,1-2H3;(H,3,4)(H,5,6). The monoisotopic (exact) mass is 561 g/mol. The summed E-state index contributed by atoms with van der Waals surface area (Å²) in [6.45, 7) is 5.30. The van der Waals surface area contributed by atoms with Gasteiger partial charge >= 0.3 is 11.9 Å². The normalized spacial score (nSPS) is 13.9. The van der Waals surface area contributed by atoms with E-state index in [1.165, 1.54) is 11.1 Å². The summed E-state index contributed by atoms with van der Waals surface area (Å²) in [4.78, 5) is 23.4. The summed E-state index contributed by atoms with van der Waals surface area (Å²) >= 11 is 0. The van der Waals surface area contributed by atoms with Gasteiger partial charge in [-0.2, -0.15) is 0 Å². The van der Waals surface area contributed by atoms with Crippen molar-refractivity contribution in [2.75, 3.05) is 46.9 Å². The van der Waals surface area contributed by atoms with Crippen molar-refractivity contribution in [2.24, 2.45) is 0 Å². The van der Waals surface area contributed by atoms with Crippen molar-refractivity contribution in [2.45, 2.75) is 18.9 Å². The zero-order valence-corrected chi connectivity index (χ0v) is 23.2. The summed E-state index contributed by atoms with van der Waals surface area (Å²) in [6.07, 6.45) is 1.91. The lowest BCUT2D eigenvalue weighted by atomic mass is 9.96. The van der Waals surface area contributed by atoms with Crippen LogP contribution in [-0.4, -0.2) is 84.1 Å². The zero-order valence-electron chi connectivity index (χ0n) is 23.2. The quantitative estimate of drug-likeness (QED) is 0.285. The van der Waals surface area contributed by atoms with Gasteiger partial charge in [-0.1, -0.05) is 65.8 Å². The van der Waals surface area contributed by atoms with Gasteiger partial charge in [0.2, 0.25) is 0 Å². The van der Waals surface area contributed by atoms with E-state index in [2.05, 4.69) is 75.6 Å². The van der Waals surface area contributed by atoms with E-state index in [4.69, 9.17) is 33.8 Å². The minimum Gasteiger partial charge on any atom is -0.493 e. The molecule has 1 fully saturated rings. The number of carbonyl (C=O) groups is 2. The van der Waals surface area contributed by atoms with Crippen molar-refractivity contribution in [1.29, 1.82) is 0 Å². The molecule has 0 saturated carbocycles. The average Bonchev–Trinajstić information content (AvgIpc) is 3.40. The molecule has 1 saturated heterocycles. The van der Waals surface area contributed by atoms with Crippen molar-refractivity contribution in [3.8, 4) is 11.5 Å². The second kappa shape index (κ2) is 14.3. The number of hydrogen-bond acceptors (Lipinski definition) is 8. The van der Waals surface area contributed by atoms with Crippen LogP contribution in [0.1, 0.15) is 29.3 Å². The first kappa shape index (κ1) is 29.6. The summed E-state index contributed by atoms with van der Waals surface area (Å²) < 4.78 is 16.4. The van der Waals surface area contributed by atoms with E-state index in [1.807, 2.05) is 12.1 Å². The summed E-state index contributed by atoms with van der Waals surface area (Å²) in [5.41, 5.74) is 4.43. The van der Waals surface area contributed by atoms with Crippen molar-refractivity contribution in [1.82, 2.24) is 15.0 Å². The highest BCUT2D eigenvalue weighted by Gasteiger charge is 2.26. The molecule has 10 heteroatoms. The topological polar surface area (TPSA) is 126 Å². The number of carboxylic acid groups (broad SMARTS) is 2. The number of aryl methyl sites for hydroxylation is 1. The van der Waals surface area contributed by atoms with Crippen LogP contribution in [0.4, 0.5) is 0 Å². The zero-order chi connectivity index (χ0) is 29.2. The van der Waals surface area contributed by atoms with Crippen LogP contribution in [0, 0.1) is 0 Å². The van der Waals surface area contributed by atoms with Gasteiger partial charge < -0.3 is 29.1 Å². The maximum atomic E-state index is 9.10. The molecule has 41 heavy (non-hydrogen) atoms. The number of ether oxygens (including phenoxy) is 2. The minimum absolute atomic E-state index is 0.299. The Bertz CT molecular complexity index is 1370. The average molecular weight is 562 g/mol. The lowest BCUT2D eigenvalue weighted by molar-refractivity contribution is -0.159. The molecule has 0 radical (unpaired) electrons. The van der Waals surface area contributed by atoms with E-state index in [0.717, 1.165) is 62.2 Å². The SMILES string of the molecule is COc1cc2onc(CCCN3CCN(C(c4ccccc4)c4ccccc4)CC3)c2cc1OC.O=C(O)C(=O)O. The first-order valence-electron chi connectivity index (χ1n) is 13.4. The maximum Gasteiger partial charge on any atom is 0.414 e. The first-order chi connectivity index (χ1) is 19.9. The predicted octanol–water partition coefficient (Wildman–Crippen LogP) is 4.34. The molecule has 0 aliphatic carbocycles. The Hall–Kier alpha value is -4.41. The van der Waals surface area contributed by atoms with E-state index in [9.17, 15) is 0 Å². The van der Waals surface area contributed by atoms with E-state index in [0.29, 0.717) is 17.5 Å². The Labute approximate surface area is 238 Å². The number of methoxy groups -OCH3 is 2. The number of aliphatic carboxylic acids is 2. The van der Waals surface area contributed by atoms with E-state index in [1.54, 1.807) is 14.2 Å². The number of carboxylic acids is 2.